The zero-order valence-electron chi connectivity index (χ0n) is 10.9. The highest BCUT2D eigenvalue weighted by molar-refractivity contribution is 9.10. The zero-order valence-corrected chi connectivity index (χ0v) is 12.5. The Kier molecular flexibility index (Phi) is 5.36. The molecule has 1 aromatic carbocycles. The van der Waals surface area contributed by atoms with Crippen LogP contribution < -0.4 is 5.32 Å². The van der Waals surface area contributed by atoms with Gasteiger partial charge in [0.25, 0.3) is 0 Å². The lowest BCUT2D eigenvalue weighted by Gasteiger charge is -2.12. The highest BCUT2D eigenvalue weighted by Gasteiger charge is 2.02. The molecule has 4 heteroatoms. The summed E-state index contributed by atoms with van der Waals surface area (Å²) in [5.74, 6) is 0. The molecule has 0 atom stereocenters. The number of rotatable bonds is 6. The van der Waals surface area contributed by atoms with Gasteiger partial charge >= 0.3 is 0 Å². The summed E-state index contributed by atoms with van der Waals surface area (Å²) in [7, 11) is 0. The lowest BCUT2D eigenvalue weighted by atomic mass is 10.2. The van der Waals surface area contributed by atoms with Crippen LogP contribution in [-0.4, -0.2) is 11.6 Å². The standard InChI is InChI=1S/C15H17BrN2O/c1-2-19-11-13-5-3-4-6-15(13)18-9-12-7-14(16)10-17-8-12/h3-8,10,18H,2,9,11H2,1H3. The summed E-state index contributed by atoms with van der Waals surface area (Å²) in [6.07, 6.45) is 3.65. The molecule has 0 unspecified atom stereocenters. The van der Waals surface area contributed by atoms with Crippen molar-refractivity contribution in [3.8, 4) is 0 Å². The molecule has 19 heavy (non-hydrogen) atoms. The van der Waals surface area contributed by atoms with Crippen molar-refractivity contribution >= 4 is 21.6 Å². The quantitative estimate of drug-likeness (QED) is 0.873. The highest BCUT2D eigenvalue weighted by atomic mass is 79.9. The molecule has 0 fully saturated rings. The van der Waals surface area contributed by atoms with E-state index in [0.717, 1.165) is 28.9 Å². The highest BCUT2D eigenvalue weighted by Crippen LogP contribution is 2.18. The van der Waals surface area contributed by atoms with Gasteiger partial charge in [0.2, 0.25) is 0 Å². The van der Waals surface area contributed by atoms with Crippen LogP contribution in [0.4, 0.5) is 5.69 Å². The molecule has 0 saturated heterocycles. The normalized spacial score (nSPS) is 10.4. The van der Waals surface area contributed by atoms with E-state index >= 15 is 0 Å². The van der Waals surface area contributed by atoms with E-state index in [1.807, 2.05) is 25.3 Å². The van der Waals surface area contributed by atoms with Crippen LogP contribution >= 0.6 is 15.9 Å². The molecule has 1 N–H and O–H groups in total. The average Bonchev–Trinajstić information content (AvgIpc) is 2.44. The van der Waals surface area contributed by atoms with Crippen molar-refractivity contribution in [2.75, 3.05) is 11.9 Å². The van der Waals surface area contributed by atoms with Crippen LogP contribution in [0.15, 0.2) is 47.2 Å². The molecule has 1 aromatic heterocycles. The molecule has 2 aromatic rings. The predicted octanol–water partition coefficient (Wildman–Crippen LogP) is 3.99. The second-order valence-corrected chi connectivity index (χ2v) is 5.07. The number of hydrogen-bond acceptors (Lipinski definition) is 3. The van der Waals surface area contributed by atoms with Crippen molar-refractivity contribution in [3.63, 3.8) is 0 Å². The number of anilines is 1. The third-order valence-corrected chi connectivity index (χ3v) is 3.16. The molecule has 0 aliphatic heterocycles. The second-order valence-electron chi connectivity index (χ2n) is 4.16. The van der Waals surface area contributed by atoms with Crippen molar-refractivity contribution in [2.45, 2.75) is 20.1 Å². The second kappa shape index (κ2) is 7.26. The molecule has 0 bridgehead atoms. The van der Waals surface area contributed by atoms with Gasteiger partial charge in [-0.2, -0.15) is 0 Å². The number of nitrogens with one attached hydrogen (secondary N) is 1. The molecular formula is C15H17BrN2O. The first kappa shape index (κ1) is 14.0. The Morgan fingerprint density at radius 1 is 1.26 bits per heavy atom. The Labute approximate surface area is 122 Å². The molecule has 0 saturated carbocycles. The molecule has 1 heterocycles. The van der Waals surface area contributed by atoms with Gasteiger partial charge in [-0.25, -0.2) is 0 Å². The maximum atomic E-state index is 5.47. The van der Waals surface area contributed by atoms with Crippen molar-refractivity contribution in [1.29, 1.82) is 0 Å². The van der Waals surface area contributed by atoms with Crippen LogP contribution in [0, 0.1) is 0 Å². The van der Waals surface area contributed by atoms with Crippen molar-refractivity contribution in [1.82, 2.24) is 4.98 Å². The minimum atomic E-state index is 0.635. The van der Waals surface area contributed by atoms with Gasteiger partial charge in [0.1, 0.15) is 0 Å². The molecular weight excluding hydrogens is 304 g/mol. The molecule has 0 aliphatic rings. The Bertz CT molecular complexity index is 531. The number of ether oxygens (including phenoxy) is 1. The van der Waals surface area contributed by atoms with E-state index in [9.17, 15) is 0 Å². The van der Waals surface area contributed by atoms with Gasteiger partial charge in [0.15, 0.2) is 0 Å². The predicted molar refractivity (Wildman–Crippen MR) is 81.0 cm³/mol. The Hall–Kier alpha value is -1.39. The minimum Gasteiger partial charge on any atom is -0.381 e. The number of hydrogen-bond donors (Lipinski definition) is 1. The first-order valence-electron chi connectivity index (χ1n) is 6.28. The fourth-order valence-electron chi connectivity index (χ4n) is 1.78. The number of para-hydroxylation sites is 1. The Balaban J connectivity index is 2.02. The van der Waals surface area contributed by atoms with E-state index in [4.69, 9.17) is 4.74 Å². The number of pyridine rings is 1. The lowest BCUT2D eigenvalue weighted by molar-refractivity contribution is 0.134. The smallest absolute Gasteiger partial charge is 0.0736 e. The van der Waals surface area contributed by atoms with Gasteiger partial charge in [0.05, 0.1) is 6.61 Å². The summed E-state index contributed by atoms with van der Waals surface area (Å²) in [6.45, 7) is 4.11. The van der Waals surface area contributed by atoms with Crippen molar-refractivity contribution < 1.29 is 4.74 Å². The molecule has 2 rings (SSSR count). The SMILES string of the molecule is CCOCc1ccccc1NCc1cncc(Br)c1. The number of halogens is 1. The molecule has 0 radical (unpaired) electrons. The Morgan fingerprint density at radius 3 is 2.89 bits per heavy atom. The molecule has 100 valence electrons. The van der Waals surface area contributed by atoms with Crippen LogP contribution in [0.5, 0.6) is 0 Å². The summed E-state index contributed by atoms with van der Waals surface area (Å²) >= 11 is 3.43. The fraction of sp³-hybridized carbons (Fsp3) is 0.267. The first-order valence-corrected chi connectivity index (χ1v) is 7.08. The monoisotopic (exact) mass is 320 g/mol. The van der Waals surface area contributed by atoms with Crippen LogP contribution in [-0.2, 0) is 17.9 Å². The van der Waals surface area contributed by atoms with Gasteiger partial charge in [0, 0.05) is 41.3 Å². The maximum Gasteiger partial charge on any atom is 0.0736 e. The third kappa shape index (κ3) is 4.33. The molecule has 0 amide bonds. The van der Waals surface area contributed by atoms with Crippen LogP contribution in [0.2, 0.25) is 0 Å². The van der Waals surface area contributed by atoms with Gasteiger partial charge in [-0.05, 0) is 40.5 Å². The Morgan fingerprint density at radius 2 is 2.11 bits per heavy atom. The third-order valence-electron chi connectivity index (χ3n) is 2.72. The van der Waals surface area contributed by atoms with E-state index in [-0.39, 0.29) is 0 Å². The van der Waals surface area contributed by atoms with Gasteiger partial charge in [-0.3, -0.25) is 4.98 Å². The number of benzene rings is 1. The molecule has 3 nitrogen and oxygen atoms in total. The van der Waals surface area contributed by atoms with Gasteiger partial charge in [-0.1, -0.05) is 18.2 Å². The van der Waals surface area contributed by atoms with Crippen LogP contribution in [0.3, 0.4) is 0 Å². The van der Waals surface area contributed by atoms with E-state index < -0.39 is 0 Å². The van der Waals surface area contributed by atoms with Crippen molar-refractivity contribution in [3.05, 3.63) is 58.3 Å². The fourth-order valence-corrected chi connectivity index (χ4v) is 2.19. The van der Waals surface area contributed by atoms with E-state index in [0.29, 0.717) is 6.61 Å². The van der Waals surface area contributed by atoms with Crippen LogP contribution in [0.25, 0.3) is 0 Å². The average molecular weight is 321 g/mol. The van der Waals surface area contributed by atoms with E-state index in [1.54, 1.807) is 6.20 Å². The molecule has 0 spiro atoms. The summed E-state index contributed by atoms with van der Waals surface area (Å²) in [6, 6.07) is 10.3. The number of nitrogens with zero attached hydrogens (tertiary/aromatic N) is 1. The minimum absolute atomic E-state index is 0.635. The van der Waals surface area contributed by atoms with Crippen LogP contribution in [0.1, 0.15) is 18.1 Å². The van der Waals surface area contributed by atoms with Gasteiger partial charge in [-0.15, -0.1) is 0 Å². The summed E-state index contributed by atoms with van der Waals surface area (Å²) in [5.41, 5.74) is 3.42. The lowest BCUT2D eigenvalue weighted by Crippen LogP contribution is -2.04. The maximum absolute atomic E-state index is 5.47. The summed E-state index contributed by atoms with van der Waals surface area (Å²) in [5, 5.41) is 3.42. The first-order chi connectivity index (χ1) is 9.29. The largest absolute Gasteiger partial charge is 0.381 e. The van der Waals surface area contributed by atoms with E-state index in [2.05, 4.69) is 44.4 Å². The summed E-state index contributed by atoms with van der Waals surface area (Å²) < 4.78 is 6.47. The van der Waals surface area contributed by atoms with E-state index in [1.165, 1.54) is 5.56 Å². The molecule has 0 aliphatic carbocycles. The summed E-state index contributed by atoms with van der Waals surface area (Å²) in [4.78, 5) is 4.16. The zero-order chi connectivity index (χ0) is 13.5. The van der Waals surface area contributed by atoms with Crippen molar-refractivity contribution in [2.24, 2.45) is 0 Å². The van der Waals surface area contributed by atoms with Gasteiger partial charge < -0.3 is 10.1 Å². The topological polar surface area (TPSA) is 34.1 Å². The number of aromatic nitrogens is 1.